The molecule has 0 atom stereocenters. The van der Waals surface area contributed by atoms with Crippen molar-refractivity contribution in [2.75, 3.05) is 13.1 Å². The summed E-state index contributed by atoms with van der Waals surface area (Å²) >= 11 is 5.69. The van der Waals surface area contributed by atoms with E-state index in [1.165, 1.54) is 24.3 Å². The maximum atomic E-state index is 12.3. The highest BCUT2D eigenvalue weighted by molar-refractivity contribution is 6.33. The highest BCUT2D eigenvalue weighted by Gasteiger charge is 2.34. The van der Waals surface area contributed by atoms with Crippen molar-refractivity contribution in [2.24, 2.45) is 0 Å². The quantitative estimate of drug-likeness (QED) is 0.928. The van der Waals surface area contributed by atoms with E-state index in [1.54, 1.807) is 0 Å². The van der Waals surface area contributed by atoms with Crippen molar-refractivity contribution in [2.45, 2.75) is 6.18 Å². The Morgan fingerprint density at radius 2 is 1.84 bits per heavy atom. The van der Waals surface area contributed by atoms with Gasteiger partial charge in [-0.25, -0.2) is 0 Å². The molecule has 1 rings (SSSR count). The molecule has 0 heterocycles. The molecule has 1 aromatic rings. The smallest absolute Gasteiger partial charge is 0.406 e. The number of benzene rings is 1. The fraction of sp³-hybridized carbons (Fsp3) is 0.273. The van der Waals surface area contributed by atoms with E-state index in [0.717, 1.165) is 0 Å². The van der Waals surface area contributed by atoms with E-state index in [1.807, 2.05) is 0 Å². The molecule has 0 saturated carbocycles. The van der Waals surface area contributed by atoms with Crippen molar-refractivity contribution in [3.05, 3.63) is 34.9 Å². The fourth-order valence-electron chi connectivity index (χ4n) is 1.38. The van der Waals surface area contributed by atoms with Crippen LogP contribution in [0.3, 0.4) is 0 Å². The van der Waals surface area contributed by atoms with Crippen molar-refractivity contribution < 1.29 is 27.9 Å². The zero-order chi connectivity index (χ0) is 14.6. The Morgan fingerprint density at radius 3 is 2.32 bits per heavy atom. The summed E-state index contributed by atoms with van der Waals surface area (Å²) in [6, 6.07) is 5.49. The Bertz CT molecular complexity index is 490. The average molecular weight is 296 g/mol. The molecule has 8 heteroatoms. The van der Waals surface area contributed by atoms with E-state index in [0.29, 0.717) is 0 Å². The first-order chi connectivity index (χ1) is 8.70. The molecule has 1 amide bonds. The van der Waals surface area contributed by atoms with Gasteiger partial charge < -0.3 is 10.0 Å². The van der Waals surface area contributed by atoms with Crippen LogP contribution in [0.25, 0.3) is 0 Å². The van der Waals surface area contributed by atoms with Crippen LogP contribution in [-0.4, -0.2) is 41.1 Å². The molecule has 0 aromatic heterocycles. The van der Waals surface area contributed by atoms with Crippen LogP contribution in [0.1, 0.15) is 10.4 Å². The normalized spacial score (nSPS) is 11.2. The number of amides is 1. The number of carboxylic acid groups (broad SMARTS) is 1. The van der Waals surface area contributed by atoms with E-state index in [-0.39, 0.29) is 15.5 Å². The molecule has 0 bridgehead atoms. The standard InChI is InChI=1S/C11H9ClF3NO3/c12-8-4-2-1-3-7(8)10(19)16(5-9(17)18)6-11(13,14)15/h1-4H,5-6H2,(H,17,18). The Kier molecular flexibility index (Phi) is 4.77. The van der Waals surface area contributed by atoms with Crippen LogP contribution in [-0.2, 0) is 4.79 Å². The number of rotatable bonds is 4. The van der Waals surface area contributed by atoms with Crippen LogP contribution < -0.4 is 0 Å². The van der Waals surface area contributed by atoms with Gasteiger partial charge >= 0.3 is 12.1 Å². The third-order valence-electron chi connectivity index (χ3n) is 2.09. The number of alkyl halides is 3. The summed E-state index contributed by atoms with van der Waals surface area (Å²) < 4.78 is 36.9. The molecule has 0 saturated heterocycles. The predicted molar refractivity (Wildman–Crippen MR) is 61.0 cm³/mol. The van der Waals surface area contributed by atoms with E-state index < -0.39 is 31.1 Å². The number of carbonyl (C=O) groups is 2. The lowest BCUT2D eigenvalue weighted by atomic mass is 10.2. The maximum Gasteiger partial charge on any atom is 0.406 e. The number of carbonyl (C=O) groups excluding carboxylic acids is 1. The summed E-state index contributed by atoms with van der Waals surface area (Å²) in [5, 5.41) is 8.51. The Morgan fingerprint density at radius 1 is 1.26 bits per heavy atom. The van der Waals surface area contributed by atoms with Crippen LogP contribution in [0, 0.1) is 0 Å². The van der Waals surface area contributed by atoms with E-state index in [9.17, 15) is 22.8 Å². The van der Waals surface area contributed by atoms with E-state index in [4.69, 9.17) is 16.7 Å². The fourth-order valence-corrected chi connectivity index (χ4v) is 1.60. The molecule has 1 aromatic carbocycles. The van der Waals surface area contributed by atoms with E-state index >= 15 is 0 Å². The van der Waals surface area contributed by atoms with Gasteiger partial charge in [-0.2, -0.15) is 13.2 Å². The Balaban J connectivity index is 3.01. The molecule has 0 unspecified atom stereocenters. The first kappa shape index (κ1) is 15.3. The van der Waals surface area contributed by atoms with Gasteiger partial charge in [-0.1, -0.05) is 23.7 Å². The molecule has 0 aliphatic rings. The van der Waals surface area contributed by atoms with Gasteiger partial charge in [-0.15, -0.1) is 0 Å². The first-order valence-corrected chi connectivity index (χ1v) is 5.41. The van der Waals surface area contributed by atoms with Gasteiger partial charge in [0.2, 0.25) is 0 Å². The van der Waals surface area contributed by atoms with Gasteiger partial charge in [0.15, 0.2) is 0 Å². The SMILES string of the molecule is O=C(O)CN(CC(F)(F)F)C(=O)c1ccccc1Cl. The Hall–Kier alpha value is -1.76. The van der Waals surface area contributed by atoms with Crippen molar-refractivity contribution in [3.8, 4) is 0 Å². The number of carboxylic acids is 1. The first-order valence-electron chi connectivity index (χ1n) is 5.03. The lowest BCUT2D eigenvalue weighted by molar-refractivity contribution is -0.149. The molecular weight excluding hydrogens is 287 g/mol. The summed E-state index contributed by atoms with van der Waals surface area (Å²) in [5.74, 6) is -2.62. The molecular formula is C11H9ClF3NO3. The molecule has 1 N–H and O–H groups in total. The Labute approximate surface area is 111 Å². The van der Waals surface area contributed by atoms with Crippen molar-refractivity contribution in [1.29, 1.82) is 0 Å². The zero-order valence-electron chi connectivity index (χ0n) is 9.45. The minimum absolute atomic E-state index is 0.0370. The van der Waals surface area contributed by atoms with Crippen LogP contribution in [0.2, 0.25) is 5.02 Å². The molecule has 0 aliphatic heterocycles. The number of halogens is 4. The maximum absolute atomic E-state index is 12.3. The molecule has 0 fully saturated rings. The van der Waals surface area contributed by atoms with Gasteiger partial charge in [0.05, 0.1) is 10.6 Å². The number of nitrogens with zero attached hydrogens (tertiary/aromatic N) is 1. The summed E-state index contributed by atoms with van der Waals surface area (Å²) in [6.07, 6.45) is -4.69. The molecule has 0 aliphatic carbocycles. The van der Waals surface area contributed by atoms with Crippen LogP contribution in [0.15, 0.2) is 24.3 Å². The highest BCUT2D eigenvalue weighted by Crippen LogP contribution is 2.21. The predicted octanol–water partition coefficient (Wildman–Crippen LogP) is 2.43. The third kappa shape index (κ3) is 4.78. The second-order valence-electron chi connectivity index (χ2n) is 3.65. The second-order valence-corrected chi connectivity index (χ2v) is 4.06. The zero-order valence-corrected chi connectivity index (χ0v) is 10.2. The summed E-state index contributed by atoms with van der Waals surface area (Å²) in [6.45, 7) is -2.70. The van der Waals surface area contributed by atoms with Gasteiger partial charge in [0.1, 0.15) is 13.1 Å². The van der Waals surface area contributed by atoms with E-state index in [2.05, 4.69) is 0 Å². The lowest BCUT2D eigenvalue weighted by Crippen LogP contribution is -2.42. The second kappa shape index (κ2) is 5.92. The largest absolute Gasteiger partial charge is 0.480 e. The van der Waals surface area contributed by atoms with Crippen LogP contribution in [0.5, 0.6) is 0 Å². The number of aliphatic carboxylic acids is 1. The number of hydrogen-bond acceptors (Lipinski definition) is 2. The van der Waals surface area contributed by atoms with Crippen LogP contribution >= 0.6 is 11.6 Å². The van der Waals surface area contributed by atoms with Gasteiger partial charge in [-0.3, -0.25) is 9.59 Å². The minimum atomic E-state index is -4.69. The lowest BCUT2D eigenvalue weighted by Gasteiger charge is -2.22. The van der Waals surface area contributed by atoms with Gasteiger partial charge in [0.25, 0.3) is 5.91 Å². The highest BCUT2D eigenvalue weighted by atomic mass is 35.5. The molecule has 4 nitrogen and oxygen atoms in total. The minimum Gasteiger partial charge on any atom is -0.480 e. The molecule has 0 radical (unpaired) electrons. The molecule has 0 spiro atoms. The van der Waals surface area contributed by atoms with Crippen LogP contribution in [0.4, 0.5) is 13.2 Å². The van der Waals surface area contributed by atoms with Crippen molar-refractivity contribution in [3.63, 3.8) is 0 Å². The van der Waals surface area contributed by atoms with Crippen molar-refractivity contribution >= 4 is 23.5 Å². The average Bonchev–Trinajstić information content (AvgIpc) is 2.25. The molecule has 104 valence electrons. The number of hydrogen-bond donors (Lipinski definition) is 1. The molecule has 19 heavy (non-hydrogen) atoms. The third-order valence-corrected chi connectivity index (χ3v) is 2.42. The van der Waals surface area contributed by atoms with Crippen molar-refractivity contribution in [1.82, 2.24) is 4.90 Å². The monoisotopic (exact) mass is 295 g/mol. The summed E-state index contributed by atoms with van der Waals surface area (Å²) in [5.41, 5.74) is -0.172. The van der Waals surface area contributed by atoms with Gasteiger partial charge in [0, 0.05) is 0 Å². The summed E-state index contributed by atoms with van der Waals surface area (Å²) in [4.78, 5) is 22.6. The van der Waals surface area contributed by atoms with Gasteiger partial charge in [-0.05, 0) is 12.1 Å². The topological polar surface area (TPSA) is 57.6 Å². The summed E-state index contributed by atoms with van der Waals surface area (Å²) in [7, 11) is 0.